The first kappa shape index (κ1) is 20.6. The number of benzene rings is 2. The minimum absolute atomic E-state index is 0.0975. The molecule has 0 saturated heterocycles. The number of ether oxygens (including phenoxy) is 2. The van der Waals surface area contributed by atoms with E-state index in [0.717, 1.165) is 17.7 Å². The van der Waals surface area contributed by atoms with Crippen molar-refractivity contribution in [2.24, 2.45) is 0 Å². The van der Waals surface area contributed by atoms with Gasteiger partial charge < -0.3 is 19.7 Å². The van der Waals surface area contributed by atoms with E-state index in [9.17, 15) is 13.6 Å². The maximum atomic E-state index is 12.5. The van der Waals surface area contributed by atoms with E-state index in [1.54, 1.807) is 6.92 Å². The summed E-state index contributed by atoms with van der Waals surface area (Å²) in [6.07, 6.45) is 0. The summed E-state index contributed by atoms with van der Waals surface area (Å²) in [6, 6.07) is 12.0. The average Bonchev–Trinajstić information content (AvgIpc) is 2.61. The first-order valence-corrected chi connectivity index (χ1v) is 8.62. The van der Waals surface area contributed by atoms with Crippen LogP contribution in [0.15, 0.2) is 42.5 Å². The van der Waals surface area contributed by atoms with Crippen molar-refractivity contribution in [1.82, 2.24) is 10.2 Å². The predicted molar refractivity (Wildman–Crippen MR) is 99.2 cm³/mol. The molecule has 7 heteroatoms. The predicted octanol–water partition coefficient (Wildman–Crippen LogP) is 3.68. The lowest BCUT2D eigenvalue weighted by atomic mass is 10.1. The highest BCUT2D eigenvalue weighted by molar-refractivity contribution is 5.94. The molecule has 0 aromatic heterocycles. The molecule has 0 atom stereocenters. The second kappa shape index (κ2) is 9.87. The molecule has 0 unspecified atom stereocenters. The van der Waals surface area contributed by atoms with Crippen molar-refractivity contribution < 1.29 is 23.0 Å². The summed E-state index contributed by atoms with van der Waals surface area (Å²) >= 11 is 0. The SMILES string of the molecule is CCOc1cc(C(=O)NCc2ccccc2CN(C)C)ccc1OC(F)F. The molecular formula is C20H24F2N2O3. The highest BCUT2D eigenvalue weighted by Crippen LogP contribution is 2.30. The molecule has 27 heavy (non-hydrogen) atoms. The Hall–Kier alpha value is -2.67. The molecule has 2 aromatic rings. The molecule has 0 bridgehead atoms. The van der Waals surface area contributed by atoms with Crippen LogP contribution in [-0.2, 0) is 13.1 Å². The Labute approximate surface area is 157 Å². The summed E-state index contributed by atoms with van der Waals surface area (Å²) < 4.78 is 34.7. The second-order valence-electron chi connectivity index (χ2n) is 6.16. The van der Waals surface area contributed by atoms with Gasteiger partial charge in [0, 0.05) is 18.7 Å². The van der Waals surface area contributed by atoms with Crippen LogP contribution >= 0.6 is 0 Å². The molecular weight excluding hydrogens is 354 g/mol. The number of hydrogen-bond acceptors (Lipinski definition) is 4. The number of carbonyl (C=O) groups is 1. The van der Waals surface area contributed by atoms with Gasteiger partial charge in [-0.1, -0.05) is 24.3 Å². The van der Waals surface area contributed by atoms with Gasteiger partial charge in [0.15, 0.2) is 11.5 Å². The summed E-state index contributed by atoms with van der Waals surface area (Å²) in [4.78, 5) is 14.5. The van der Waals surface area contributed by atoms with Gasteiger partial charge in [-0.25, -0.2) is 0 Å². The van der Waals surface area contributed by atoms with E-state index in [0.29, 0.717) is 12.1 Å². The van der Waals surface area contributed by atoms with Crippen LogP contribution in [0.2, 0.25) is 0 Å². The largest absolute Gasteiger partial charge is 0.490 e. The van der Waals surface area contributed by atoms with Gasteiger partial charge in [-0.05, 0) is 50.3 Å². The lowest BCUT2D eigenvalue weighted by Crippen LogP contribution is -2.24. The summed E-state index contributed by atoms with van der Waals surface area (Å²) in [5.41, 5.74) is 2.45. The van der Waals surface area contributed by atoms with E-state index in [1.807, 2.05) is 38.4 Å². The highest BCUT2D eigenvalue weighted by Gasteiger charge is 2.15. The lowest BCUT2D eigenvalue weighted by Gasteiger charge is -2.15. The van der Waals surface area contributed by atoms with Crippen LogP contribution in [0.1, 0.15) is 28.4 Å². The standard InChI is InChI=1S/C20H24F2N2O3/c1-4-26-18-11-14(9-10-17(18)27-20(21)22)19(25)23-12-15-7-5-6-8-16(15)13-24(2)3/h5-11,20H,4,12-13H2,1-3H3,(H,23,25). The van der Waals surface area contributed by atoms with Crippen LogP contribution < -0.4 is 14.8 Å². The number of nitrogens with zero attached hydrogens (tertiary/aromatic N) is 1. The van der Waals surface area contributed by atoms with Crippen molar-refractivity contribution in [3.8, 4) is 11.5 Å². The Balaban J connectivity index is 2.11. The first-order valence-electron chi connectivity index (χ1n) is 8.62. The third-order valence-corrected chi connectivity index (χ3v) is 3.77. The van der Waals surface area contributed by atoms with Gasteiger partial charge in [-0.15, -0.1) is 0 Å². The number of amides is 1. The highest BCUT2D eigenvalue weighted by atomic mass is 19.3. The molecule has 0 fully saturated rings. The molecule has 1 N–H and O–H groups in total. The van der Waals surface area contributed by atoms with Gasteiger partial charge in [0.05, 0.1) is 6.61 Å². The zero-order valence-electron chi connectivity index (χ0n) is 15.7. The number of alkyl halides is 2. The Morgan fingerprint density at radius 2 is 1.81 bits per heavy atom. The Bertz CT molecular complexity index is 767. The normalized spacial score (nSPS) is 10.9. The lowest BCUT2D eigenvalue weighted by molar-refractivity contribution is -0.0514. The van der Waals surface area contributed by atoms with Crippen LogP contribution in [0.3, 0.4) is 0 Å². The molecule has 0 radical (unpaired) electrons. The molecule has 5 nitrogen and oxygen atoms in total. The Kier molecular flexibility index (Phi) is 7.55. The maximum absolute atomic E-state index is 12.5. The monoisotopic (exact) mass is 378 g/mol. The van der Waals surface area contributed by atoms with Crippen molar-refractivity contribution in [2.45, 2.75) is 26.6 Å². The quantitative estimate of drug-likeness (QED) is 0.723. The molecule has 0 aliphatic carbocycles. The Morgan fingerprint density at radius 3 is 2.44 bits per heavy atom. The van der Waals surface area contributed by atoms with Gasteiger partial charge in [0.1, 0.15) is 0 Å². The smallest absolute Gasteiger partial charge is 0.387 e. The summed E-state index contributed by atoms with van der Waals surface area (Å²) in [5, 5.41) is 2.86. The van der Waals surface area contributed by atoms with Gasteiger partial charge >= 0.3 is 6.61 Å². The van der Waals surface area contributed by atoms with E-state index < -0.39 is 6.61 Å². The van der Waals surface area contributed by atoms with Crippen molar-refractivity contribution in [3.63, 3.8) is 0 Å². The summed E-state index contributed by atoms with van der Waals surface area (Å²) in [6.45, 7) is 0.155. The van der Waals surface area contributed by atoms with E-state index >= 15 is 0 Å². The van der Waals surface area contributed by atoms with Crippen molar-refractivity contribution in [2.75, 3.05) is 20.7 Å². The summed E-state index contributed by atoms with van der Waals surface area (Å²) in [7, 11) is 3.96. The number of carbonyl (C=O) groups excluding carboxylic acids is 1. The van der Waals surface area contributed by atoms with Crippen molar-refractivity contribution in [3.05, 3.63) is 59.2 Å². The van der Waals surface area contributed by atoms with Crippen LogP contribution in [0.4, 0.5) is 8.78 Å². The number of halogens is 2. The minimum atomic E-state index is -2.96. The van der Waals surface area contributed by atoms with Crippen molar-refractivity contribution >= 4 is 5.91 Å². The van der Waals surface area contributed by atoms with Crippen LogP contribution in [0.5, 0.6) is 11.5 Å². The molecule has 0 spiro atoms. The van der Waals surface area contributed by atoms with Crippen molar-refractivity contribution in [1.29, 1.82) is 0 Å². The van der Waals surface area contributed by atoms with E-state index in [2.05, 4.69) is 15.0 Å². The first-order chi connectivity index (χ1) is 12.9. The topological polar surface area (TPSA) is 50.8 Å². The fourth-order valence-corrected chi connectivity index (χ4v) is 2.61. The molecule has 2 rings (SSSR count). The third-order valence-electron chi connectivity index (χ3n) is 3.77. The molecule has 2 aromatic carbocycles. The summed E-state index contributed by atoms with van der Waals surface area (Å²) in [5.74, 6) is -0.308. The maximum Gasteiger partial charge on any atom is 0.387 e. The second-order valence-corrected chi connectivity index (χ2v) is 6.16. The van der Waals surface area contributed by atoms with Gasteiger partial charge in [-0.2, -0.15) is 8.78 Å². The molecule has 0 aliphatic heterocycles. The van der Waals surface area contributed by atoms with Crippen LogP contribution in [0, 0.1) is 0 Å². The molecule has 0 heterocycles. The molecule has 0 aliphatic rings. The minimum Gasteiger partial charge on any atom is -0.490 e. The zero-order chi connectivity index (χ0) is 19.8. The molecule has 146 valence electrons. The van der Waals surface area contributed by atoms with Gasteiger partial charge in [-0.3, -0.25) is 4.79 Å². The van der Waals surface area contributed by atoms with E-state index in [4.69, 9.17) is 4.74 Å². The van der Waals surface area contributed by atoms with E-state index in [-0.39, 0.29) is 24.0 Å². The van der Waals surface area contributed by atoms with Crippen LogP contribution in [-0.4, -0.2) is 38.1 Å². The number of hydrogen-bond donors (Lipinski definition) is 1. The third kappa shape index (κ3) is 6.21. The van der Waals surface area contributed by atoms with Gasteiger partial charge in [0.2, 0.25) is 0 Å². The number of nitrogens with one attached hydrogen (secondary N) is 1. The molecule has 0 saturated carbocycles. The zero-order valence-corrected chi connectivity index (χ0v) is 15.7. The van der Waals surface area contributed by atoms with E-state index in [1.165, 1.54) is 18.2 Å². The van der Waals surface area contributed by atoms with Crippen LogP contribution in [0.25, 0.3) is 0 Å². The Morgan fingerprint density at radius 1 is 1.11 bits per heavy atom. The van der Waals surface area contributed by atoms with Gasteiger partial charge in [0.25, 0.3) is 5.91 Å². The fourth-order valence-electron chi connectivity index (χ4n) is 2.61. The average molecular weight is 378 g/mol. The fraction of sp³-hybridized carbons (Fsp3) is 0.350. The molecule has 1 amide bonds. The number of rotatable bonds is 9.